The fraction of sp³-hybridized carbons (Fsp3) is 0.417. The number of rotatable bonds is 1. The second kappa shape index (κ2) is 3.84. The first-order chi connectivity index (χ1) is 7.58. The minimum atomic E-state index is -1.87. The Balaban J connectivity index is 2.42. The van der Waals surface area contributed by atoms with Crippen molar-refractivity contribution in [2.75, 3.05) is 0 Å². The minimum Gasteiger partial charge on any atom is -0.389 e. The molecule has 1 saturated carbocycles. The molecule has 1 aromatic carbocycles. The van der Waals surface area contributed by atoms with Crippen LogP contribution >= 0.6 is 0 Å². The lowest BCUT2D eigenvalue weighted by atomic mass is 9.91. The van der Waals surface area contributed by atoms with Crippen molar-refractivity contribution >= 4 is 0 Å². The number of hydrogen-bond acceptors (Lipinski definition) is 2. The Morgan fingerprint density at radius 3 is 2.75 bits per heavy atom. The summed E-state index contributed by atoms with van der Waals surface area (Å²) in [5, 5.41) is 18.1. The molecule has 1 aromatic rings. The van der Waals surface area contributed by atoms with Gasteiger partial charge in [-0.3, -0.25) is 0 Å². The highest BCUT2D eigenvalue weighted by atomic mass is 19.1. The summed E-state index contributed by atoms with van der Waals surface area (Å²) in [7, 11) is 0. The Hall–Kier alpha value is -1.47. The van der Waals surface area contributed by atoms with Crippen LogP contribution in [0.5, 0.6) is 0 Å². The van der Waals surface area contributed by atoms with E-state index < -0.39 is 17.6 Å². The van der Waals surface area contributed by atoms with Gasteiger partial charge in [-0.05, 0) is 37.0 Å². The van der Waals surface area contributed by atoms with Crippen molar-refractivity contribution in [3.8, 4) is 6.07 Å². The molecule has 1 fully saturated rings. The average Bonchev–Trinajstić information content (AvgIpc) is 2.60. The normalized spacial score (nSPS) is 29.0. The summed E-state index contributed by atoms with van der Waals surface area (Å²) in [4.78, 5) is 0. The van der Waals surface area contributed by atoms with Gasteiger partial charge in [0.05, 0.1) is 11.7 Å². The Labute approximate surface area is 92.1 Å². The summed E-state index contributed by atoms with van der Waals surface area (Å²) >= 11 is 0. The summed E-state index contributed by atoms with van der Waals surface area (Å²) in [6.07, 6.45) is 0.0801. The van der Waals surface area contributed by atoms with E-state index in [0.29, 0.717) is 12.8 Å². The summed E-state index contributed by atoms with van der Waals surface area (Å²) in [6, 6.07) is 5.30. The fourth-order valence-corrected chi connectivity index (χ4v) is 2.15. The number of aliphatic hydroxyl groups excluding tert-OH is 1. The minimum absolute atomic E-state index is 0.111. The molecule has 0 amide bonds. The monoisotopic (exact) mass is 223 g/mol. The van der Waals surface area contributed by atoms with Crippen molar-refractivity contribution in [2.45, 2.75) is 31.0 Å². The molecule has 0 radical (unpaired) electrons. The number of aliphatic hydroxyl groups is 1. The average molecular weight is 223 g/mol. The van der Waals surface area contributed by atoms with Gasteiger partial charge in [0.1, 0.15) is 11.9 Å². The highest BCUT2D eigenvalue weighted by Crippen LogP contribution is 2.42. The van der Waals surface area contributed by atoms with Gasteiger partial charge >= 0.3 is 0 Å². The summed E-state index contributed by atoms with van der Waals surface area (Å²) in [5.41, 5.74) is -1.86. The zero-order valence-corrected chi connectivity index (χ0v) is 8.58. The van der Waals surface area contributed by atoms with Crippen LogP contribution in [0.15, 0.2) is 18.2 Å². The molecule has 0 bridgehead atoms. The van der Waals surface area contributed by atoms with Gasteiger partial charge in [-0.1, -0.05) is 6.07 Å². The third-order valence-corrected chi connectivity index (χ3v) is 3.12. The van der Waals surface area contributed by atoms with E-state index in [1.54, 1.807) is 6.07 Å². The van der Waals surface area contributed by atoms with E-state index in [4.69, 9.17) is 5.26 Å². The molecule has 2 rings (SSSR count). The maximum Gasteiger partial charge on any atom is 0.161 e. The number of alkyl halides is 1. The zero-order chi connectivity index (χ0) is 11.8. The van der Waals surface area contributed by atoms with Gasteiger partial charge in [-0.25, -0.2) is 8.78 Å². The predicted molar refractivity (Wildman–Crippen MR) is 53.8 cm³/mol. The molecule has 1 N–H and O–H groups in total. The number of nitrogens with zero attached hydrogens (tertiary/aromatic N) is 1. The highest BCUT2D eigenvalue weighted by molar-refractivity contribution is 5.36. The molecule has 2 nitrogen and oxygen atoms in total. The molecule has 0 spiro atoms. The molecule has 2 atom stereocenters. The molecule has 16 heavy (non-hydrogen) atoms. The SMILES string of the molecule is N#Cc1ccc(C2(F)CCCC2O)cc1F. The van der Waals surface area contributed by atoms with E-state index in [1.807, 2.05) is 0 Å². The third kappa shape index (κ3) is 1.57. The van der Waals surface area contributed by atoms with E-state index in [0.717, 1.165) is 6.07 Å². The van der Waals surface area contributed by atoms with Crippen molar-refractivity contribution in [3.05, 3.63) is 35.1 Å². The van der Waals surface area contributed by atoms with Crippen LogP contribution in [-0.4, -0.2) is 11.2 Å². The van der Waals surface area contributed by atoms with Crippen molar-refractivity contribution in [2.24, 2.45) is 0 Å². The van der Waals surface area contributed by atoms with Gasteiger partial charge in [0.15, 0.2) is 5.67 Å². The second-order valence-corrected chi connectivity index (χ2v) is 4.08. The summed E-state index contributed by atoms with van der Waals surface area (Å²) in [5.74, 6) is -0.740. The van der Waals surface area contributed by atoms with E-state index in [9.17, 15) is 13.9 Å². The van der Waals surface area contributed by atoms with E-state index in [2.05, 4.69) is 0 Å². The van der Waals surface area contributed by atoms with Crippen LogP contribution in [0.25, 0.3) is 0 Å². The van der Waals surface area contributed by atoms with Crippen molar-refractivity contribution in [1.29, 1.82) is 5.26 Å². The van der Waals surface area contributed by atoms with Crippen LogP contribution in [-0.2, 0) is 5.67 Å². The lowest BCUT2D eigenvalue weighted by molar-refractivity contribution is 0.0132. The van der Waals surface area contributed by atoms with Crippen molar-refractivity contribution in [1.82, 2.24) is 0 Å². The smallest absolute Gasteiger partial charge is 0.161 e. The number of halogens is 2. The van der Waals surface area contributed by atoms with Gasteiger partial charge in [0.2, 0.25) is 0 Å². The maximum atomic E-state index is 14.4. The lowest BCUT2D eigenvalue weighted by Crippen LogP contribution is -2.29. The first-order valence-corrected chi connectivity index (χ1v) is 5.15. The van der Waals surface area contributed by atoms with Gasteiger partial charge in [-0.15, -0.1) is 0 Å². The highest BCUT2D eigenvalue weighted by Gasteiger charge is 2.44. The van der Waals surface area contributed by atoms with Crippen LogP contribution in [0.3, 0.4) is 0 Å². The Morgan fingerprint density at radius 2 is 2.25 bits per heavy atom. The van der Waals surface area contributed by atoms with Crippen LogP contribution < -0.4 is 0 Å². The van der Waals surface area contributed by atoms with E-state index in [-0.39, 0.29) is 17.5 Å². The molecule has 4 heteroatoms. The second-order valence-electron chi connectivity index (χ2n) is 4.08. The maximum absolute atomic E-state index is 14.4. The number of benzene rings is 1. The van der Waals surface area contributed by atoms with Crippen molar-refractivity contribution in [3.63, 3.8) is 0 Å². The van der Waals surface area contributed by atoms with Crippen molar-refractivity contribution < 1.29 is 13.9 Å². The standard InChI is InChI=1S/C12H11F2NO/c13-10-6-9(4-3-8(10)7-15)12(14)5-1-2-11(12)16/h3-4,6,11,16H,1-2,5H2. The Bertz CT molecular complexity index is 455. The quantitative estimate of drug-likeness (QED) is 0.794. The third-order valence-electron chi connectivity index (χ3n) is 3.12. The zero-order valence-electron chi connectivity index (χ0n) is 8.58. The first-order valence-electron chi connectivity index (χ1n) is 5.15. The topological polar surface area (TPSA) is 44.0 Å². The molecular formula is C12H11F2NO. The number of nitriles is 1. The largest absolute Gasteiger partial charge is 0.389 e. The van der Waals surface area contributed by atoms with Crippen LogP contribution in [0, 0.1) is 17.1 Å². The van der Waals surface area contributed by atoms with Gasteiger partial charge in [-0.2, -0.15) is 5.26 Å². The van der Waals surface area contributed by atoms with Gasteiger partial charge in [0, 0.05) is 0 Å². The summed E-state index contributed by atoms with van der Waals surface area (Å²) < 4.78 is 27.7. The molecule has 0 aliphatic heterocycles. The summed E-state index contributed by atoms with van der Waals surface area (Å²) in [6.45, 7) is 0. The Morgan fingerprint density at radius 1 is 1.50 bits per heavy atom. The first kappa shape index (κ1) is 11.0. The van der Waals surface area contributed by atoms with Crippen LogP contribution in [0.2, 0.25) is 0 Å². The molecule has 2 unspecified atom stereocenters. The molecule has 0 saturated heterocycles. The Kier molecular flexibility index (Phi) is 2.64. The van der Waals surface area contributed by atoms with Crippen LogP contribution in [0.4, 0.5) is 8.78 Å². The fourth-order valence-electron chi connectivity index (χ4n) is 2.15. The van der Waals surface area contributed by atoms with Gasteiger partial charge < -0.3 is 5.11 Å². The molecule has 1 aliphatic rings. The van der Waals surface area contributed by atoms with E-state index in [1.165, 1.54) is 12.1 Å². The van der Waals surface area contributed by atoms with Gasteiger partial charge in [0.25, 0.3) is 0 Å². The molecule has 1 aliphatic carbocycles. The van der Waals surface area contributed by atoms with E-state index >= 15 is 0 Å². The molecule has 0 heterocycles. The molecular weight excluding hydrogens is 212 g/mol. The number of hydrogen-bond donors (Lipinski definition) is 1. The molecule has 84 valence electrons. The van der Waals surface area contributed by atoms with Crippen LogP contribution in [0.1, 0.15) is 30.4 Å². The molecule has 0 aromatic heterocycles. The predicted octanol–water partition coefficient (Wildman–Crippen LogP) is 2.41. The lowest BCUT2D eigenvalue weighted by Gasteiger charge is -2.24.